The molecular formula is C13H18N6O7S. The summed E-state index contributed by atoms with van der Waals surface area (Å²) in [5, 5.41) is 1.34. The zero-order valence-electron chi connectivity index (χ0n) is 14.3. The number of hydrogen-bond donors (Lipinski definition) is 4. The summed E-state index contributed by atoms with van der Waals surface area (Å²) in [6.45, 7) is 3.69. The van der Waals surface area contributed by atoms with E-state index in [1.54, 1.807) is 0 Å². The summed E-state index contributed by atoms with van der Waals surface area (Å²) in [4.78, 5) is 43.2. The van der Waals surface area contributed by atoms with Gasteiger partial charge in [-0.1, -0.05) is 0 Å². The molecule has 1 aliphatic heterocycles. The van der Waals surface area contributed by atoms with Crippen LogP contribution in [0.2, 0.25) is 0 Å². The lowest BCUT2D eigenvalue weighted by atomic mass is 10.3. The predicted octanol–water partition coefficient (Wildman–Crippen LogP) is -1.20. The quantitative estimate of drug-likeness (QED) is 0.154. The van der Waals surface area contributed by atoms with Crippen LogP contribution in [-0.4, -0.2) is 51.8 Å². The average molecular weight is 402 g/mol. The van der Waals surface area contributed by atoms with Crippen LogP contribution in [0.5, 0.6) is 0 Å². The Labute approximate surface area is 154 Å². The highest BCUT2D eigenvalue weighted by Crippen LogP contribution is 2.20. The first-order valence-electron chi connectivity index (χ1n) is 7.20. The van der Waals surface area contributed by atoms with Gasteiger partial charge >= 0.3 is 5.97 Å². The number of hydroxylamine groups is 2. The Morgan fingerprint density at radius 2 is 2.00 bits per heavy atom. The number of rotatable bonds is 4. The molecule has 1 saturated heterocycles. The van der Waals surface area contributed by atoms with E-state index in [-0.39, 0.29) is 16.4 Å². The van der Waals surface area contributed by atoms with Crippen LogP contribution in [0, 0.1) is 0 Å². The monoisotopic (exact) mass is 402 g/mol. The van der Waals surface area contributed by atoms with Crippen molar-refractivity contribution in [3.05, 3.63) is 23.9 Å². The summed E-state index contributed by atoms with van der Waals surface area (Å²) in [5.74, 6) is 6.61. The van der Waals surface area contributed by atoms with E-state index in [9.17, 15) is 22.8 Å². The van der Waals surface area contributed by atoms with E-state index < -0.39 is 39.6 Å². The summed E-state index contributed by atoms with van der Waals surface area (Å²) in [5.41, 5.74) is 3.03. The maximum Gasteiger partial charge on any atom is 0.365 e. The van der Waals surface area contributed by atoms with Gasteiger partial charge < -0.3 is 16.1 Å². The summed E-state index contributed by atoms with van der Waals surface area (Å²) >= 11 is 0. The topological polar surface area (TPSA) is 207 Å². The number of nitrogens with one attached hydrogen (secondary N) is 1. The number of imide groups is 1. The van der Waals surface area contributed by atoms with Crippen molar-refractivity contribution in [2.75, 3.05) is 5.43 Å². The fraction of sp³-hybridized carbons (Fsp3) is 0.308. The van der Waals surface area contributed by atoms with Crippen molar-refractivity contribution in [2.45, 2.75) is 25.5 Å². The lowest BCUT2D eigenvalue weighted by Crippen LogP contribution is -2.36. The van der Waals surface area contributed by atoms with Crippen molar-refractivity contribution in [1.82, 2.24) is 10.0 Å². The van der Waals surface area contributed by atoms with Crippen LogP contribution in [0.15, 0.2) is 23.4 Å². The first-order chi connectivity index (χ1) is 12.5. The van der Waals surface area contributed by atoms with Crippen LogP contribution < -0.4 is 17.1 Å². The normalized spacial score (nSPS) is 16.3. The maximum absolute atomic E-state index is 11.8. The van der Waals surface area contributed by atoms with Crippen LogP contribution in [0.25, 0.3) is 0 Å². The number of amides is 2. The minimum atomic E-state index is -4.76. The largest absolute Gasteiger partial charge is 0.365 e. The first kappa shape index (κ1) is 21.9. The average Bonchev–Trinajstić information content (AvgIpc) is 2.90. The van der Waals surface area contributed by atoms with E-state index >= 15 is 0 Å². The molecule has 6 N–H and O–H groups in total. The maximum atomic E-state index is 11.8. The predicted molar refractivity (Wildman–Crippen MR) is 92.2 cm³/mol. The van der Waals surface area contributed by atoms with Crippen molar-refractivity contribution in [3.63, 3.8) is 0 Å². The Morgan fingerprint density at radius 1 is 1.41 bits per heavy atom. The number of carbonyl (C=O) groups excluding carboxylic acids is 3. The van der Waals surface area contributed by atoms with Gasteiger partial charge in [0.15, 0.2) is 5.25 Å². The molecule has 1 atom stereocenters. The standard InChI is InChI=1S/C10H10N4O7S.C3H8N2/c11-13-7-2-1-5(4-12-7)10(17)21-14-8(15)3-6(9(14)16)22(18,19)20;1-3(2)5-4/h1-2,4,6H,3,11H2,(H,12,13)(H,18,19,20);4H2,1-2H3. The van der Waals surface area contributed by atoms with E-state index in [1.165, 1.54) is 12.1 Å². The molecule has 14 heteroatoms. The summed E-state index contributed by atoms with van der Waals surface area (Å²) < 4.78 is 30.7. The second-order valence-corrected chi connectivity index (χ2v) is 6.86. The zero-order valence-corrected chi connectivity index (χ0v) is 15.1. The molecule has 0 aliphatic carbocycles. The number of anilines is 1. The van der Waals surface area contributed by atoms with Crippen molar-refractivity contribution in [2.24, 2.45) is 16.8 Å². The van der Waals surface area contributed by atoms with Gasteiger partial charge in [-0.2, -0.15) is 13.5 Å². The highest BCUT2D eigenvalue weighted by atomic mass is 32.2. The fourth-order valence-corrected chi connectivity index (χ4v) is 2.35. The van der Waals surface area contributed by atoms with Crippen LogP contribution in [0.1, 0.15) is 30.6 Å². The van der Waals surface area contributed by atoms with E-state index in [4.69, 9.17) is 16.2 Å². The van der Waals surface area contributed by atoms with Crippen LogP contribution >= 0.6 is 0 Å². The number of hydrazone groups is 1. The molecular weight excluding hydrogens is 384 g/mol. The van der Waals surface area contributed by atoms with Gasteiger partial charge in [0, 0.05) is 11.9 Å². The van der Waals surface area contributed by atoms with E-state index in [0.29, 0.717) is 0 Å². The number of aromatic nitrogens is 1. The smallest absolute Gasteiger partial charge is 0.325 e. The van der Waals surface area contributed by atoms with E-state index in [0.717, 1.165) is 11.9 Å². The number of carbonyl (C=O) groups is 3. The van der Waals surface area contributed by atoms with Crippen molar-refractivity contribution < 1.29 is 32.2 Å². The highest BCUT2D eigenvalue weighted by Gasteiger charge is 2.48. The third kappa shape index (κ3) is 5.98. The summed E-state index contributed by atoms with van der Waals surface area (Å²) in [6, 6.07) is 2.60. The van der Waals surface area contributed by atoms with Crippen molar-refractivity contribution in [1.29, 1.82) is 0 Å². The molecule has 1 aromatic heterocycles. The van der Waals surface area contributed by atoms with Crippen LogP contribution in [0.3, 0.4) is 0 Å². The molecule has 0 aromatic carbocycles. The Balaban J connectivity index is 0.000000646. The number of hydrogen-bond acceptors (Lipinski definition) is 11. The number of hydrazine groups is 1. The molecule has 2 heterocycles. The molecule has 0 saturated carbocycles. The van der Waals surface area contributed by atoms with Crippen LogP contribution in [-0.2, 0) is 24.5 Å². The molecule has 0 radical (unpaired) electrons. The molecule has 148 valence electrons. The number of nitrogens with two attached hydrogens (primary N) is 2. The SMILES string of the molecule is CC(C)=NN.NNc1ccc(C(=O)ON2C(=O)CC(S(=O)(=O)O)C2=O)cn1. The minimum Gasteiger partial charge on any atom is -0.325 e. The van der Waals surface area contributed by atoms with Gasteiger partial charge in [-0.15, -0.1) is 5.06 Å². The lowest BCUT2D eigenvalue weighted by molar-refractivity contribution is -0.172. The third-order valence-electron chi connectivity index (χ3n) is 3.00. The molecule has 1 aliphatic rings. The molecule has 13 nitrogen and oxygen atoms in total. The Bertz CT molecular complexity index is 848. The molecule has 1 aromatic rings. The number of nitrogens with zero attached hydrogens (tertiary/aromatic N) is 3. The zero-order chi connectivity index (χ0) is 20.8. The van der Waals surface area contributed by atoms with E-state index in [1.807, 2.05) is 13.8 Å². The molecule has 2 amide bonds. The van der Waals surface area contributed by atoms with Gasteiger partial charge in [0.1, 0.15) is 5.82 Å². The van der Waals surface area contributed by atoms with E-state index in [2.05, 4.69) is 20.3 Å². The second kappa shape index (κ2) is 9.02. The first-order valence-corrected chi connectivity index (χ1v) is 8.70. The van der Waals surface area contributed by atoms with Gasteiger partial charge in [0.2, 0.25) is 0 Å². The van der Waals surface area contributed by atoms with Gasteiger partial charge in [-0.05, 0) is 26.0 Å². The second-order valence-electron chi connectivity index (χ2n) is 5.27. The number of nitrogen functional groups attached to an aromatic ring is 1. The van der Waals surface area contributed by atoms with Crippen LogP contribution in [0.4, 0.5) is 5.82 Å². The van der Waals surface area contributed by atoms with Gasteiger partial charge in [0.05, 0.1) is 12.0 Å². The summed E-state index contributed by atoms with van der Waals surface area (Å²) in [6.07, 6.45) is 0.266. The van der Waals surface area contributed by atoms with Crippen molar-refractivity contribution >= 4 is 39.4 Å². The Hall–Kier alpha value is -3.10. The molecule has 1 fully saturated rings. The lowest BCUT2D eigenvalue weighted by Gasteiger charge is -2.13. The van der Waals surface area contributed by atoms with Gasteiger partial charge in [0.25, 0.3) is 21.9 Å². The fourth-order valence-electron chi connectivity index (χ4n) is 1.65. The minimum absolute atomic E-state index is 0.00978. The van der Waals surface area contributed by atoms with Gasteiger partial charge in [-0.25, -0.2) is 15.6 Å². The third-order valence-corrected chi connectivity index (χ3v) is 4.09. The molecule has 0 bridgehead atoms. The molecule has 0 spiro atoms. The Kier molecular flexibility index (Phi) is 7.33. The van der Waals surface area contributed by atoms with Gasteiger partial charge in [-0.3, -0.25) is 14.1 Å². The highest BCUT2D eigenvalue weighted by molar-refractivity contribution is 7.87. The molecule has 2 rings (SSSR count). The molecule has 27 heavy (non-hydrogen) atoms. The van der Waals surface area contributed by atoms with Crippen molar-refractivity contribution in [3.8, 4) is 0 Å². The Morgan fingerprint density at radius 3 is 2.37 bits per heavy atom. The number of pyridine rings is 1. The summed E-state index contributed by atoms with van der Waals surface area (Å²) in [7, 11) is -4.76. The molecule has 1 unspecified atom stereocenters.